The molecule has 4 aromatic rings. The fraction of sp³-hybridized carbons (Fsp3) is 0.160. The number of nitrogens with zero attached hydrogens (tertiary/aromatic N) is 1. The summed E-state index contributed by atoms with van der Waals surface area (Å²) in [5.41, 5.74) is 1.42. The molecule has 1 aromatic heterocycles. The molecule has 0 saturated heterocycles. The summed E-state index contributed by atoms with van der Waals surface area (Å²) in [4.78, 5) is 4.37. The van der Waals surface area contributed by atoms with Crippen LogP contribution in [0.3, 0.4) is 0 Å². The molecule has 0 amide bonds. The number of fused-ring (bicyclic) bond motifs is 2. The Morgan fingerprint density at radius 3 is 2.36 bits per heavy atom. The highest BCUT2D eigenvalue weighted by molar-refractivity contribution is 7.91. The molecule has 0 aliphatic carbocycles. The van der Waals surface area contributed by atoms with Gasteiger partial charge in [-0.15, -0.1) is 0 Å². The Balaban J connectivity index is 1.37. The molecular formula is C25H19ClN2O7S. The average molecular weight is 527 g/mol. The Bertz CT molecular complexity index is 1550. The molecule has 0 bridgehead atoms. The first kappa shape index (κ1) is 22.6. The lowest BCUT2D eigenvalue weighted by atomic mass is 10.2. The van der Waals surface area contributed by atoms with Gasteiger partial charge in [-0.25, -0.2) is 8.42 Å². The van der Waals surface area contributed by atoms with Gasteiger partial charge >= 0.3 is 0 Å². The van der Waals surface area contributed by atoms with Gasteiger partial charge in [0.2, 0.25) is 33.4 Å². The average Bonchev–Trinajstić information content (AvgIpc) is 3.55. The van der Waals surface area contributed by atoms with Gasteiger partial charge in [-0.2, -0.15) is 4.98 Å². The van der Waals surface area contributed by atoms with E-state index in [0.29, 0.717) is 46.8 Å². The van der Waals surface area contributed by atoms with Gasteiger partial charge in [0.05, 0.1) is 4.90 Å². The molecule has 0 atom stereocenters. The van der Waals surface area contributed by atoms with Crippen LogP contribution >= 0.6 is 11.6 Å². The second-order valence-electron chi connectivity index (χ2n) is 8.01. The quantitative estimate of drug-likeness (QED) is 0.373. The Morgan fingerprint density at radius 2 is 1.53 bits per heavy atom. The van der Waals surface area contributed by atoms with E-state index < -0.39 is 9.84 Å². The molecule has 6 rings (SSSR count). The minimum atomic E-state index is -4.09. The zero-order valence-electron chi connectivity index (χ0n) is 18.7. The van der Waals surface area contributed by atoms with Crippen molar-refractivity contribution < 1.29 is 31.8 Å². The van der Waals surface area contributed by atoms with Crippen molar-refractivity contribution in [2.24, 2.45) is 0 Å². The van der Waals surface area contributed by atoms with Crippen molar-refractivity contribution in [1.82, 2.24) is 4.98 Å². The van der Waals surface area contributed by atoms with E-state index in [9.17, 15) is 8.42 Å². The summed E-state index contributed by atoms with van der Waals surface area (Å²) in [7, 11) is -4.09. The summed E-state index contributed by atoms with van der Waals surface area (Å²) < 4.78 is 55.2. The van der Waals surface area contributed by atoms with Crippen molar-refractivity contribution in [2.75, 3.05) is 25.3 Å². The van der Waals surface area contributed by atoms with Crippen LogP contribution in [0.25, 0.3) is 11.5 Å². The van der Waals surface area contributed by atoms with Gasteiger partial charge in [-0.3, -0.25) is 0 Å². The number of hydrogen-bond donors (Lipinski definition) is 1. The molecule has 2 aliphatic heterocycles. The molecule has 9 nitrogen and oxygen atoms in total. The number of nitrogens with one attached hydrogen (secondary N) is 1. The number of benzene rings is 3. The van der Waals surface area contributed by atoms with Crippen LogP contribution in [0.2, 0.25) is 5.02 Å². The van der Waals surface area contributed by atoms with Gasteiger partial charge in [0.1, 0.15) is 13.2 Å². The number of rotatable bonds is 6. The summed E-state index contributed by atoms with van der Waals surface area (Å²) in [6.45, 7) is 1.16. The molecule has 3 heterocycles. The van der Waals surface area contributed by atoms with Gasteiger partial charge in [-0.1, -0.05) is 17.7 Å². The van der Waals surface area contributed by atoms with Crippen LogP contribution < -0.4 is 24.3 Å². The highest BCUT2D eigenvalue weighted by Crippen LogP contribution is 2.38. The van der Waals surface area contributed by atoms with Crippen LogP contribution in [0.1, 0.15) is 5.56 Å². The fourth-order valence-electron chi connectivity index (χ4n) is 3.85. The lowest BCUT2D eigenvalue weighted by Crippen LogP contribution is -2.16. The first-order chi connectivity index (χ1) is 17.5. The summed E-state index contributed by atoms with van der Waals surface area (Å²) in [6, 6.07) is 16.7. The molecule has 3 aromatic carbocycles. The molecular weight excluding hydrogens is 508 g/mol. The minimum absolute atomic E-state index is 0.00695. The number of ether oxygens (including phenoxy) is 4. The molecule has 1 N–H and O–H groups in total. The Morgan fingerprint density at radius 1 is 0.833 bits per heavy atom. The van der Waals surface area contributed by atoms with Crippen LogP contribution in [-0.2, 0) is 16.4 Å². The van der Waals surface area contributed by atoms with E-state index in [0.717, 1.165) is 5.56 Å². The van der Waals surface area contributed by atoms with Crippen LogP contribution in [-0.4, -0.2) is 33.4 Å². The standard InChI is InChI=1S/C25H19ClN2O7S/c26-17-4-2-16(3-5-17)23-28-25(36(29,30)18-6-8-19-22(12-18)32-10-9-31-19)24(35-23)27-13-15-1-7-20-21(11-15)34-14-33-20/h1-8,11-12,27H,9-10,13-14H2. The molecule has 0 saturated carbocycles. The highest BCUT2D eigenvalue weighted by Gasteiger charge is 2.30. The van der Waals surface area contributed by atoms with Crippen LogP contribution in [0.4, 0.5) is 5.88 Å². The monoisotopic (exact) mass is 526 g/mol. The predicted molar refractivity (Wildman–Crippen MR) is 130 cm³/mol. The SMILES string of the molecule is O=S(=O)(c1ccc2c(c1)OCCO2)c1nc(-c2ccc(Cl)cc2)oc1NCc1ccc2c(c1)OCO2. The summed E-state index contributed by atoms with van der Waals surface area (Å²) >= 11 is 6.00. The highest BCUT2D eigenvalue weighted by atomic mass is 35.5. The lowest BCUT2D eigenvalue weighted by molar-refractivity contribution is 0.171. The normalized spacial score (nSPS) is 14.0. The maximum atomic E-state index is 13.7. The number of oxazole rings is 1. The van der Waals surface area contributed by atoms with Crippen molar-refractivity contribution in [2.45, 2.75) is 16.5 Å². The van der Waals surface area contributed by atoms with Gasteiger partial charge in [0.15, 0.2) is 23.0 Å². The van der Waals surface area contributed by atoms with E-state index in [1.807, 2.05) is 12.1 Å². The maximum Gasteiger partial charge on any atom is 0.234 e. The number of hydrogen-bond acceptors (Lipinski definition) is 9. The Labute approximate surface area is 211 Å². The maximum absolute atomic E-state index is 13.7. The lowest BCUT2D eigenvalue weighted by Gasteiger charge is -2.18. The second kappa shape index (κ2) is 8.96. The van der Waals surface area contributed by atoms with E-state index in [4.69, 9.17) is 35.0 Å². The van der Waals surface area contributed by atoms with Crippen LogP contribution in [0.15, 0.2) is 75.0 Å². The van der Waals surface area contributed by atoms with Gasteiger partial charge in [0.25, 0.3) is 0 Å². The van der Waals surface area contributed by atoms with Gasteiger partial charge < -0.3 is 28.7 Å². The van der Waals surface area contributed by atoms with Gasteiger partial charge in [0, 0.05) is 23.2 Å². The molecule has 0 unspecified atom stereocenters. The van der Waals surface area contributed by atoms with Crippen molar-refractivity contribution in [3.05, 3.63) is 71.2 Å². The number of aromatic nitrogens is 1. The molecule has 184 valence electrons. The van der Waals surface area contributed by atoms with E-state index >= 15 is 0 Å². The van der Waals surface area contributed by atoms with Crippen molar-refractivity contribution in [3.63, 3.8) is 0 Å². The van der Waals surface area contributed by atoms with E-state index in [1.165, 1.54) is 12.1 Å². The number of sulfone groups is 1. The van der Waals surface area contributed by atoms with E-state index in [-0.39, 0.29) is 35.0 Å². The molecule has 0 fully saturated rings. The van der Waals surface area contributed by atoms with Crippen molar-refractivity contribution in [1.29, 1.82) is 0 Å². The summed E-state index contributed by atoms with van der Waals surface area (Å²) in [5.74, 6) is 2.27. The Hall–Kier alpha value is -3.89. The zero-order valence-corrected chi connectivity index (χ0v) is 20.3. The fourth-order valence-corrected chi connectivity index (χ4v) is 5.27. The predicted octanol–water partition coefficient (Wildman–Crippen LogP) is 4.94. The third-order valence-corrected chi connectivity index (χ3v) is 7.57. The van der Waals surface area contributed by atoms with Crippen molar-refractivity contribution >= 4 is 27.3 Å². The summed E-state index contributed by atoms with van der Waals surface area (Å²) in [6.07, 6.45) is 0. The number of halogens is 1. The Kier molecular flexibility index (Phi) is 5.62. The topological polar surface area (TPSA) is 109 Å². The first-order valence-corrected chi connectivity index (χ1v) is 12.9. The van der Waals surface area contributed by atoms with Gasteiger partial charge in [-0.05, 0) is 54.1 Å². The first-order valence-electron chi connectivity index (χ1n) is 11.0. The molecule has 2 aliphatic rings. The molecule has 0 radical (unpaired) electrons. The van der Waals surface area contributed by atoms with Crippen LogP contribution in [0, 0.1) is 0 Å². The molecule has 36 heavy (non-hydrogen) atoms. The molecule has 0 spiro atoms. The molecule has 11 heteroatoms. The second-order valence-corrected chi connectivity index (χ2v) is 10.3. The zero-order chi connectivity index (χ0) is 24.7. The third-order valence-electron chi connectivity index (χ3n) is 5.66. The third kappa shape index (κ3) is 4.18. The van der Waals surface area contributed by atoms with Crippen molar-refractivity contribution in [3.8, 4) is 34.5 Å². The van der Waals surface area contributed by atoms with E-state index in [1.54, 1.807) is 36.4 Å². The minimum Gasteiger partial charge on any atom is -0.486 e. The smallest absolute Gasteiger partial charge is 0.234 e. The van der Waals surface area contributed by atoms with E-state index in [2.05, 4.69) is 10.3 Å². The number of anilines is 1. The van der Waals surface area contributed by atoms with Crippen LogP contribution in [0.5, 0.6) is 23.0 Å². The largest absolute Gasteiger partial charge is 0.486 e. The summed E-state index contributed by atoms with van der Waals surface area (Å²) in [5, 5.41) is 3.37.